The highest BCUT2D eigenvalue weighted by Gasteiger charge is 2.15. The van der Waals surface area contributed by atoms with Crippen molar-refractivity contribution in [1.29, 1.82) is 0 Å². The number of fused-ring (bicyclic) bond motifs is 1. The molecule has 1 aliphatic rings. The van der Waals surface area contributed by atoms with Gasteiger partial charge in [-0.3, -0.25) is 0 Å². The Balaban J connectivity index is 1.78. The number of aromatic amines is 1. The van der Waals surface area contributed by atoms with Crippen LogP contribution in [0.15, 0.2) is 24.3 Å². The number of nitrogens with one attached hydrogen (secondary N) is 2. The van der Waals surface area contributed by atoms with Gasteiger partial charge in [0, 0.05) is 29.2 Å². The molecule has 0 spiro atoms. The van der Waals surface area contributed by atoms with Crippen LogP contribution in [0.5, 0.6) is 0 Å². The number of hydrogen-bond acceptors (Lipinski definition) is 1. The van der Waals surface area contributed by atoms with Gasteiger partial charge in [-0.25, -0.2) is 0 Å². The number of rotatable bonds is 3. The summed E-state index contributed by atoms with van der Waals surface area (Å²) in [6.45, 7) is 0.845. The Bertz CT molecular complexity index is 512. The lowest BCUT2D eigenvalue weighted by atomic mass is 10.2. The van der Waals surface area contributed by atoms with Crippen molar-refractivity contribution in [3.8, 4) is 0 Å². The average molecular weight is 249 g/mol. The molecule has 1 fully saturated rings. The van der Waals surface area contributed by atoms with Gasteiger partial charge in [0.05, 0.1) is 5.02 Å². The maximum atomic E-state index is 6.37. The monoisotopic (exact) mass is 248 g/mol. The van der Waals surface area contributed by atoms with Gasteiger partial charge in [0.1, 0.15) is 0 Å². The number of halogens is 1. The van der Waals surface area contributed by atoms with Crippen molar-refractivity contribution in [3.63, 3.8) is 0 Å². The van der Waals surface area contributed by atoms with E-state index in [0.29, 0.717) is 6.04 Å². The lowest BCUT2D eigenvalue weighted by Gasteiger charge is -2.10. The van der Waals surface area contributed by atoms with Gasteiger partial charge >= 0.3 is 0 Å². The molecule has 0 amide bonds. The molecular formula is C14H17ClN2. The third kappa shape index (κ3) is 2.20. The quantitative estimate of drug-likeness (QED) is 0.848. The summed E-state index contributed by atoms with van der Waals surface area (Å²) in [5.41, 5.74) is 2.24. The van der Waals surface area contributed by atoms with Crippen LogP contribution in [0.25, 0.3) is 10.9 Å². The first-order valence-electron chi connectivity index (χ1n) is 6.33. The summed E-state index contributed by atoms with van der Waals surface area (Å²) < 4.78 is 0. The van der Waals surface area contributed by atoms with Crippen LogP contribution < -0.4 is 5.32 Å². The van der Waals surface area contributed by atoms with Crippen LogP contribution in [0.1, 0.15) is 31.4 Å². The summed E-state index contributed by atoms with van der Waals surface area (Å²) in [6, 6.07) is 8.87. The minimum Gasteiger partial charge on any atom is -0.356 e. The molecule has 1 saturated carbocycles. The average Bonchev–Trinajstić information content (AvgIpc) is 2.96. The molecule has 0 saturated heterocycles. The smallest absolute Gasteiger partial charge is 0.0705 e. The molecule has 1 heterocycles. The van der Waals surface area contributed by atoms with E-state index in [-0.39, 0.29) is 0 Å². The lowest BCUT2D eigenvalue weighted by Crippen LogP contribution is -2.25. The molecule has 2 N–H and O–H groups in total. The number of H-pyrrole nitrogens is 1. The third-order valence-electron chi connectivity index (χ3n) is 3.64. The second kappa shape index (κ2) is 4.71. The predicted octanol–water partition coefficient (Wildman–Crippen LogP) is 3.85. The van der Waals surface area contributed by atoms with E-state index < -0.39 is 0 Å². The summed E-state index contributed by atoms with van der Waals surface area (Å²) in [4.78, 5) is 3.39. The molecule has 0 aliphatic heterocycles. The van der Waals surface area contributed by atoms with E-state index in [0.717, 1.165) is 28.2 Å². The van der Waals surface area contributed by atoms with Crippen molar-refractivity contribution >= 4 is 22.5 Å². The highest BCUT2D eigenvalue weighted by molar-refractivity contribution is 6.36. The fraction of sp³-hybridized carbons (Fsp3) is 0.429. The van der Waals surface area contributed by atoms with E-state index in [1.165, 1.54) is 25.7 Å². The van der Waals surface area contributed by atoms with Gasteiger partial charge < -0.3 is 10.3 Å². The molecule has 0 radical (unpaired) electrons. The van der Waals surface area contributed by atoms with Crippen molar-refractivity contribution in [2.45, 2.75) is 38.3 Å². The molecule has 1 aromatic carbocycles. The van der Waals surface area contributed by atoms with Crippen LogP contribution >= 0.6 is 11.6 Å². The summed E-state index contributed by atoms with van der Waals surface area (Å²) in [5, 5.41) is 5.57. The van der Waals surface area contributed by atoms with E-state index in [2.05, 4.69) is 22.4 Å². The molecular weight excluding hydrogens is 232 g/mol. The maximum absolute atomic E-state index is 6.37. The molecule has 1 aromatic heterocycles. The second-order valence-electron chi connectivity index (χ2n) is 4.83. The van der Waals surface area contributed by atoms with Crippen LogP contribution in [-0.4, -0.2) is 11.0 Å². The maximum Gasteiger partial charge on any atom is 0.0705 e. The summed E-state index contributed by atoms with van der Waals surface area (Å²) in [7, 11) is 0. The molecule has 3 rings (SSSR count). The van der Waals surface area contributed by atoms with Gasteiger partial charge in [-0.1, -0.05) is 42.6 Å². The minimum absolute atomic E-state index is 0.678. The topological polar surface area (TPSA) is 27.8 Å². The van der Waals surface area contributed by atoms with Gasteiger partial charge in [-0.15, -0.1) is 0 Å². The van der Waals surface area contributed by atoms with Gasteiger partial charge in [-0.2, -0.15) is 0 Å². The van der Waals surface area contributed by atoms with Gasteiger partial charge in [0.2, 0.25) is 0 Å². The molecule has 0 unspecified atom stereocenters. The normalized spacial score (nSPS) is 17.0. The van der Waals surface area contributed by atoms with Crippen LogP contribution in [0.4, 0.5) is 0 Å². The van der Waals surface area contributed by atoms with Crippen molar-refractivity contribution in [1.82, 2.24) is 10.3 Å². The van der Waals surface area contributed by atoms with Gasteiger partial charge in [-0.05, 0) is 18.9 Å². The number of aromatic nitrogens is 1. The number of benzene rings is 1. The Morgan fingerprint density at radius 2 is 2.00 bits per heavy atom. The van der Waals surface area contributed by atoms with Crippen molar-refractivity contribution in [2.75, 3.05) is 0 Å². The first-order chi connectivity index (χ1) is 8.34. The Morgan fingerprint density at radius 1 is 1.24 bits per heavy atom. The molecule has 2 nitrogen and oxygen atoms in total. The Morgan fingerprint density at radius 3 is 2.76 bits per heavy atom. The predicted molar refractivity (Wildman–Crippen MR) is 72.4 cm³/mol. The van der Waals surface area contributed by atoms with E-state index in [9.17, 15) is 0 Å². The Labute approximate surface area is 106 Å². The number of para-hydroxylation sites is 1. The minimum atomic E-state index is 0.678. The number of hydrogen-bond donors (Lipinski definition) is 2. The van der Waals surface area contributed by atoms with Crippen molar-refractivity contribution in [3.05, 3.63) is 35.0 Å². The summed E-state index contributed by atoms with van der Waals surface area (Å²) in [6.07, 6.45) is 5.33. The van der Waals surface area contributed by atoms with Crippen LogP contribution in [-0.2, 0) is 6.54 Å². The van der Waals surface area contributed by atoms with Crippen molar-refractivity contribution < 1.29 is 0 Å². The largest absolute Gasteiger partial charge is 0.356 e. The second-order valence-corrected chi connectivity index (χ2v) is 5.20. The molecule has 0 bridgehead atoms. The Kier molecular flexibility index (Phi) is 3.08. The van der Waals surface area contributed by atoms with E-state index >= 15 is 0 Å². The van der Waals surface area contributed by atoms with E-state index in [1.54, 1.807) is 0 Å². The zero-order valence-corrected chi connectivity index (χ0v) is 10.6. The first kappa shape index (κ1) is 11.1. The van der Waals surface area contributed by atoms with Crippen molar-refractivity contribution in [2.24, 2.45) is 0 Å². The van der Waals surface area contributed by atoms with E-state index in [1.807, 2.05) is 12.1 Å². The highest BCUT2D eigenvalue weighted by atomic mass is 35.5. The molecule has 90 valence electrons. The lowest BCUT2D eigenvalue weighted by molar-refractivity contribution is 0.521. The van der Waals surface area contributed by atoms with Gasteiger partial charge in [0.25, 0.3) is 0 Å². The fourth-order valence-electron chi connectivity index (χ4n) is 2.66. The molecule has 0 atom stereocenters. The molecule has 1 aliphatic carbocycles. The van der Waals surface area contributed by atoms with E-state index in [4.69, 9.17) is 11.6 Å². The van der Waals surface area contributed by atoms with Crippen LogP contribution in [0.3, 0.4) is 0 Å². The summed E-state index contributed by atoms with van der Waals surface area (Å²) in [5.74, 6) is 0. The Hall–Kier alpha value is -0.990. The summed E-state index contributed by atoms with van der Waals surface area (Å²) >= 11 is 6.37. The molecule has 17 heavy (non-hydrogen) atoms. The third-order valence-corrected chi connectivity index (χ3v) is 4.07. The molecule has 2 aromatic rings. The van der Waals surface area contributed by atoms with Gasteiger partial charge in [0.15, 0.2) is 0 Å². The fourth-order valence-corrected chi connectivity index (χ4v) is 2.94. The SMILES string of the molecule is Clc1c(CNC2CCCC2)[nH]c2ccccc12. The standard InChI is InChI=1S/C14H17ClN2/c15-14-11-7-3-4-8-12(11)17-13(14)9-16-10-5-1-2-6-10/h3-4,7-8,10,16-17H,1-2,5-6,9H2. The first-order valence-corrected chi connectivity index (χ1v) is 6.71. The van der Waals surface area contributed by atoms with Crippen LogP contribution in [0, 0.1) is 0 Å². The van der Waals surface area contributed by atoms with Crippen LogP contribution in [0.2, 0.25) is 5.02 Å². The molecule has 3 heteroatoms. The zero-order valence-electron chi connectivity index (χ0n) is 9.80. The highest BCUT2D eigenvalue weighted by Crippen LogP contribution is 2.27. The zero-order chi connectivity index (χ0) is 11.7.